The van der Waals surface area contributed by atoms with E-state index in [0.29, 0.717) is 19.7 Å². The number of benzene rings is 2. The molecule has 3 aromatic rings. The summed E-state index contributed by atoms with van der Waals surface area (Å²) in [4.78, 5) is 24.7. The summed E-state index contributed by atoms with van der Waals surface area (Å²) in [6.07, 6.45) is 4.09. The molecule has 2 fully saturated rings. The van der Waals surface area contributed by atoms with Crippen LogP contribution < -0.4 is 4.90 Å². The van der Waals surface area contributed by atoms with Gasteiger partial charge in [-0.3, -0.25) is 9.58 Å². The zero-order valence-electron chi connectivity index (χ0n) is 23.5. The summed E-state index contributed by atoms with van der Waals surface area (Å²) >= 11 is 0. The van der Waals surface area contributed by atoms with E-state index in [1.807, 2.05) is 66.4 Å². The van der Waals surface area contributed by atoms with Gasteiger partial charge in [-0.05, 0) is 61.5 Å². The molecule has 3 heterocycles. The minimum atomic E-state index is -2.48. The highest BCUT2D eigenvalue weighted by atomic mass is 28.4. The Morgan fingerprint density at radius 2 is 1.82 bits per heavy atom. The summed E-state index contributed by atoms with van der Waals surface area (Å²) in [6.45, 7) is 7.84. The highest BCUT2D eigenvalue weighted by Crippen LogP contribution is 2.45. The Morgan fingerprint density at radius 3 is 2.48 bits per heavy atom. The summed E-state index contributed by atoms with van der Waals surface area (Å²) < 4.78 is 13.5. The largest absolute Gasteiger partial charge is 0.447 e. The van der Waals surface area contributed by atoms with Crippen molar-refractivity contribution in [1.29, 1.82) is 0 Å². The number of aryl methyl sites for hydroxylation is 2. The molecule has 5 rings (SSSR count). The number of aliphatic hydroxyl groups excluding tert-OH is 1. The van der Waals surface area contributed by atoms with Crippen LogP contribution in [0, 0.1) is 5.92 Å². The van der Waals surface area contributed by atoms with Gasteiger partial charge >= 0.3 is 6.09 Å². The molecule has 10 heteroatoms. The number of anilines is 1. The van der Waals surface area contributed by atoms with Crippen LogP contribution in [0.3, 0.4) is 0 Å². The van der Waals surface area contributed by atoms with Gasteiger partial charge in [0.05, 0.1) is 37.0 Å². The van der Waals surface area contributed by atoms with Crippen LogP contribution in [-0.2, 0) is 22.4 Å². The molecule has 2 aliphatic heterocycles. The molecule has 1 aromatic heterocycles. The zero-order chi connectivity index (χ0) is 28.3. The number of aliphatic hydroxyl groups is 1. The minimum absolute atomic E-state index is 0.0342. The van der Waals surface area contributed by atoms with Gasteiger partial charge in [0, 0.05) is 24.0 Å². The smallest absolute Gasteiger partial charge is 0.414 e. The third kappa shape index (κ3) is 6.30. The van der Waals surface area contributed by atoms with E-state index in [0.717, 1.165) is 36.2 Å². The number of hydrogen-bond donors (Lipinski definition) is 2. The average molecular weight is 565 g/mol. The van der Waals surface area contributed by atoms with Crippen LogP contribution in [0.2, 0.25) is 18.6 Å². The van der Waals surface area contributed by atoms with Gasteiger partial charge in [0.25, 0.3) is 0 Å². The Labute approximate surface area is 236 Å². The monoisotopic (exact) mass is 564 g/mol. The van der Waals surface area contributed by atoms with E-state index in [1.54, 1.807) is 4.90 Å². The predicted octanol–water partition coefficient (Wildman–Crippen LogP) is 4.35. The second-order valence-corrected chi connectivity index (χ2v) is 15.5. The van der Waals surface area contributed by atoms with Gasteiger partial charge in [-0.2, -0.15) is 0 Å². The Hall–Kier alpha value is -3.05. The number of amides is 1. The van der Waals surface area contributed by atoms with Gasteiger partial charge in [0.15, 0.2) is 8.32 Å². The lowest BCUT2D eigenvalue weighted by Crippen LogP contribution is -2.40. The molecule has 0 radical (unpaired) electrons. The molecule has 0 bridgehead atoms. The molecular weight excluding hydrogens is 524 g/mol. The molecule has 2 saturated heterocycles. The van der Waals surface area contributed by atoms with Crippen molar-refractivity contribution >= 4 is 20.1 Å². The summed E-state index contributed by atoms with van der Waals surface area (Å²) in [7, 11) is -2.48. The van der Waals surface area contributed by atoms with Gasteiger partial charge in [-0.1, -0.05) is 54.6 Å². The number of nitrogens with zero attached hydrogens (tertiary/aromatic N) is 4. The maximum Gasteiger partial charge on any atom is 0.414 e. The fraction of sp³-hybridized carbons (Fsp3) is 0.500. The molecule has 1 unspecified atom stereocenters. The Kier molecular flexibility index (Phi) is 8.70. The van der Waals surface area contributed by atoms with Crippen molar-refractivity contribution in [3.63, 3.8) is 0 Å². The van der Waals surface area contributed by atoms with Gasteiger partial charge in [0.2, 0.25) is 0 Å². The average Bonchev–Trinajstić information content (AvgIpc) is 3.66. The number of carbonyl (C=O) groups is 1. The highest BCUT2D eigenvalue weighted by molar-refractivity contribution is 6.71. The van der Waals surface area contributed by atoms with Crippen LogP contribution in [0.1, 0.15) is 42.5 Å². The number of ether oxygens (including phenoxy) is 2. The summed E-state index contributed by atoms with van der Waals surface area (Å²) in [5, 5.41) is 18.7. The third-order valence-corrected chi connectivity index (χ3v) is 10.9. The Bertz CT molecular complexity index is 1260. The van der Waals surface area contributed by atoms with Gasteiger partial charge in [-0.25, -0.2) is 4.79 Å². The maximum absolute atomic E-state index is 11.8. The SMILES string of the molecule is C[C@@H]1[C@@H]([Si](C)(C)O)[C@H](CCn2cc(C(CO)c3ccccc3)nn2)O[C@@H]1CCc1ccc(N2CCOC2=O)cc1. The Morgan fingerprint density at radius 1 is 1.07 bits per heavy atom. The quantitative estimate of drug-likeness (QED) is 0.333. The molecule has 0 spiro atoms. The topological polar surface area (TPSA) is 110 Å². The molecule has 0 saturated carbocycles. The minimum Gasteiger partial charge on any atom is -0.447 e. The first-order valence-electron chi connectivity index (χ1n) is 14.2. The van der Waals surface area contributed by atoms with Crippen molar-refractivity contribution in [2.24, 2.45) is 5.92 Å². The molecule has 40 heavy (non-hydrogen) atoms. The maximum atomic E-state index is 11.8. The molecule has 2 aliphatic rings. The lowest BCUT2D eigenvalue weighted by Gasteiger charge is -2.30. The highest BCUT2D eigenvalue weighted by Gasteiger charge is 2.49. The third-order valence-electron chi connectivity index (χ3n) is 8.39. The fourth-order valence-electron chi connectivity index (χ4n) is 6.36. The second-order valence-electron chi connectivity index (χ2n) is 11.6. The first-order valence-corrected chi connectivity index (χ1v) is 17.2. The molecule has 214 valence electrons. The number of aromatic nitrogens is 3. The van der Waals surface area contributed by atoms with Gasteiger partial charge in [-0.15, -0.1) is 5.10 Å². The molecule has 5 atom stereocenters. The van der Waals surface area contributed by atoms with Crippen molar-refractivity contribution < 1.29 is 24.2 Å². The van der Waals surface area contributed by atoms with E-state index in [4.69, 9.17) is 9.47 Å². The Balaban J connectivity index is 1.20. The normalized spacial score (nSPS) is 23.9. The molecule has 0 aliphatic carbocycles. The molecule has 2 aromatic carbocycles. The van der Waals surface area contributed by atoms with Crippen molar-refractivity contribution in [2.75, 3.05) is 24.7 Å². The van der Waals surface area contributed by atoms with E-state index in [1.165, 1.54) is 5.56 Å². The van der Waals surface area contributed by atoms with E-state index >= 15 is 0 Å². The summed E-state index contributed by atoms with van der Waals surface area (Å²) in [6, 6.07) is 17.9. The zero-order valence-corrected chi connectivity index (χ0v) is 24.5. The van der Waals surface area contributed by atoms with Crippen molar-refractivity contribution in [1.82, 2.24) is 15.0 Å². The van der Waals surface area contributed by atoms with Crippen LogP contribution in [0.4, 0.5) is 10.5 Å². The van der Waals surface area contributed by atoms with Crippen LogP contribution in [0.15, 0.2) is 60.8 Å². The lowest BCUT2D eigenvalue weighted by atomic mass is 9.95. The molecular formula is C30H40N4O5Si. The summed E-state index contributed by atoms with van der Waals surface area (Å²) in [5.41, 5.74) is 3.93. The van der Waals surface area contributed by atoms with E-state index in [-0.39, 0.29) is 42.3 Å². The van der Waals surface area contributed by atoms with Crippen molar-refractivity contribution in [3.8, 4) is 0 Å². The lowest BCUT2D eigenvalue weighted by molar-refractivity contribution is 0.0245. The van der Waals surface area contributed by atoms with Crippen LogP contribution in [0.25, 0.3) is 0 Å². The number of hydrogen-bond acceptors (Lipinski definition) is 7. The first kappa shape index (κ1) is 28.5. The molecule has 2 N–H and O–H groups in total. The first-order chi connectivity index (χ1) is 19.2. The van der Waals surface area contributed by atoms with Gasteiger partial charge in [0.1, 0.15) is 6.61 Å². The van der Waals surface area contributed by atoms with Crippen molar-refractivity contribution in [3.05, 3.63) is 77.6 Å². The standard InChI is InChI=1S/C30H40N4O5Si/c1-21-27(14-11-22-9-12-24(13-10-22)34-17-18-38-30(34)36)39-28(29(21)40(2,3)37)15-16-33-19-26(31-32-33)25(20-35)23-7-5-4-6-8-23/h4-10,12-13,19,21,25,27-29,35,37H,11,14-18,20H2,1-3H3/t21-,25?,27+,28-,29+/m0/s1. The van der Waals surface area contributed by atoms with E-state index in [2.05, 4.69) is 29.4 Å². The summed E-state index contributed by atoms with van der Waals surface area (Å²) in [5.74, 6) is 0.0373. The number of cyclic esters (lactones) is 1. The predicted molar refractivity (Wildman–Crippen MR) is 155 cm³/mol. The van der Waals surface area contributed by atoms with Crippen LogP contribution >= 0.6 is 0 Å². The van der Waals surface area contributed by atoms with Gasteiger partial charge < -0.3 is 19.4 Å². The van der Waals surface area contributed by atoms with Crippen LogP contribution in [0.5, 0.6) is 0 Å². The second kappa shape index (κ2) is 12.2. The van der Waals surface area contributed by atoms with E-state index in [9.17, 15) is 14.7 Å². The molecule has 9 nitrogen and oxygen atoms in total. The van der Waals surface area contributed by atoms with E-state index < -0.39 is 8.32 Å². The molecule has 1 amide bonds. The van der Waals surface area contributed by atoms with Crippen LogP contribution in [-0.4, -0.2) is 71.3 Å². The fourth-order valence-corrected chi connectivity index (χ4v) is 9.01. The van der Waals surface area contributed by atoms with Crippen molar-refractivity contribution in [2.45, 2.75) is 69.5 Å². The number of rotatable bonds is 11. The number of carbonyl (C=O) groups excluding carboxylic acids is 1.